The third-order valence-electron chi connectivity index (χ3n) is 5.53. The lowest BCUT2D eigenvalue weighted by Crippen LogP contribution is -2.62. The molecule has 1 atom stereocenters. The summed E-state index contributed by atoms with van der Waals surface area (Å²) < 4.78 is 5.53. The second kappa shape index (κ2) is 7.62. The second-order valence-electron chi connectivity index (χ2n) is 8.81. The van der Waals surface area contributed by atoms with E-state index >= 15 is 0 Å². The van der Waals surface area contributed by atoms with Crippen LogP contribution in [0.25, 0.3) is 0 Å². The minimum atomic E-state index is -0.774. The molecule has 0 saturated carbocycles. The van der Waals surface area contributed by atoms with Gasteiger partial charge in [-0.05, 0) is 46.1 Å². The molecule has 9 heteroatoms. The Morgan fingerprint density at radius 2 is 1.83 bits per heavy atom. The maximum absolute atomic E-state index is 12.5. The highest BCUT2D eigenvalue weighted by Crippen LogP contribution is 2.47. The van der Waals surface area contributed by atoms with Gasteiger partial charge in [0.1, 0.15) is 12.1 Å². The molecule has 29 heavy (non-hydrogen) atoms. The van der Waals surface area contributed by atoms with Crippen molar-refractivity contribution >= 4 is 12.0 Å². The Bertz CT molecular complexity index is 783. The van der Waals surface area contributed by atoms with E-state index in [4.69, 9.17) is 10.5 Å². The number of benzene rings is 1. The third kappa shape index (κ3) is 4.34. The molecule has 0 bridgehead atoms. The van der Waals surface area contributed by atoms with Gasteiger partial charge in [-0.25, -0.2) is 4.79 Å². The van der Waals surface area contributed by atoms with E-state index in [0.29, 0.717) is 25.9 Å². The average molecular weight is 402 g/mol. The average Bonchev–Trinajstić information content (AvgIpc) is 3.02. The van der Waals surface area contributed by atoms with Crippen molar-refractivity contribution in [3.8, 4) is 0 Å². The summed E-state index contributed by atoms with van der Waals surface area (Å²) in [6.07, 6.45) is 1.03. The minimum Gasteiger partial charge on any atom is -0.444 e. The fourth-order valence-corrected chi connectivity index (χ4v) is 4.07. The predicted molar refractivity (Wildman–Crippen MR) is 107 cm³/mol. The smallest absolute Gasteiger partial charge is 0.410 e. The van der Waals surface area contributed by atoms with Gasteiger partial charge in [0.25, 0.3) is 0 Å². The van der Waals surface area contributed by atoms with Crippen molar-refractivity contribution in [2.45, 2.75) is 57.2 Å². The van der Waals surface area contributed by atoms with Crippen LogP contribution in [0.1, 0.15) is 46.1 Å². The lowest BCUT2D eigenvalue weighted by molar-refractivity contribution is -0.120. The molecule has 2 aliphatic rings. The molecule has 2 heterocycles. The van der Waals surface area contributed by atoms with Crippen molar-refractivity contribution in [2.75, 3.05) is 19.6 Å². The number of rotatable bonds is 4. The van der Waals surface area contributed by atoms with E-state index in [-0.39, 0.29) is 12.6 Å². The number of carbonyl (C=O) groups excluding carboxylic acids is 2. The molecular formula is C20H30N6O3. The maximum atomic E-state index is 12.5. The maximum Gasteiger partial charge on any atom is 0.410 e. The normalized spacial score (nSPS) is 23.9. The van der Waals surface area contributed by atoms with E-state index in [1.165, 1.54) is 5.12 Å². The molecule has 0 aliphatic carbocycles. The van der Waals surface area contributed by atoms with Crippen molar-refractivity contribution < 1.29 is 14.3 Å². The first kappa shape index (κ1) is 21.0. The van der Waals surface area contributed by atoms with Gasteiger partial charge < -0.3 is 15.4 Å². The molecule has 158 valence electrons. The number of hydrazine groups is 1. The van der Waals surface area contributed by atoms with E-state index in [1.54, 1.807) is 4.90 Å². The summed E-state index contributed by atoms with van der Waals surface area (Å²) in [5.41, 5.74) is 7.95. The number of nitrogens with two attached hydrogens (primary N) is 1. The Kier molecular flexibility index (Phi) is 5.53. The minimum absolute atomic E-state index is 0.0615. The summed E-state index contributed by atoms with van der Waals surface area (Å²) >= 11 is 0. The molecule has 3 N–H and O–H groups in total. The Morgan fingerprint density at radius 3 is 2.38 bits per heavy atom. The van der Waals surface area contributed by atoms with Gasteiger partial charge in [0.05, 0.1) is 0 Å². The molecule has 2 amide bonds. The van der Waals surface area contributed by atoms with Crippen LogP contribution >= 0.6 is 0 Å². The number of primary amides is 1. The number of nitrogens with one attached hydrogen (secondary N) is 1. The van der Waals surface area contributed by atoms with Gasteiger partial charge in [0.2, 0.25) is 5.91 Å². The second-order valence-corrected chi connectivity index (χ2v) is 8.81. The van der Waals surface area contributed by atoms with E-state index in [9.17, 15) is 9.59 Å². The van der Waals surface area contributed by atoms with Crippen LogP contribution in [0.5, 0.6) is 0 Å². The van der Waals surface area contributed by atoms with Crippen LogP contribution in [0, 0.1) is 0 Å². The summed E-state index contributed by atoms with van der Waals surface area (Å²) in [5.74, 6) is -0.491. The zero-order chi connectivity index (χ0) is 21.3. The standard InChI is InChI=1S/C20H30N6O3/c1-18(2,3)29-17(28)25-12-10-20(11-13-25,15-8-6-5-7-9-15)19(4)22-24-26(23-19)14-16(21)27/h5-9,23H,10-14H2,1-4H3,(H2,21,27). The molecule has 1 saturated heterocycles. The first-order valence-electron chi connectivity index (χ1n) is 9.85. The fraction of sp³-hybridized carbons (Fsp3) is 0.600. The molecule has 3 rings (SSSR count). The molecule has 0 aromatic heterocycles. The molecule has 9 nitrogen and oxygen atoms in total. The van der Waals surface area contributed by atoms with Gasteiger partial charge in [-0.2, -0.15) is 10.5 Å². The summed E-state index contributed by atoms with van der Waals surface area (Å²) in [6, 6.07) is 10.1. The molecule has 1 aromatic carbocycles. The molecule has 0 spiro atoms. The Labute approximate surface area is 171 Å². The summed E-state index contributed by atoms with van der Waals surface area (Å²) in [5, 5.41) is 10.0. The van der Waals surface area contributed by atoms with E-state index in [0.717, 1.165) is 5.56 Å². The first-order chi connectivity index (χ1) is 13.5. The van der Waals surface area contributed by atoms with Crippen LogP contribution in [0.15, 0.2) is 40.7 Å². The van der Waals surface area contributed by atoms with Crippen LogP contribution in [-0.4, -0.2) is 52.9 Å². The van der Waals surface area contributed by atoms with Crippen molar-refractivity contribution in [1.82, 2.24) is 15.4 Å². The molecule has 0 radical (unpaired) electrons. The molecule has 1 unspecified atom stereocenters. The van der Waals surface area contributed by atoms with Gasteiger partial charge in [0.15, 0.2) is 5.66 Å². The van der Waals surface area contributed by atoms with Crippen LogP contribution in [-0.2, 0) is 14.9 Å². The highest BCUT2D eigenvalue weighted by atomic mass is 16.6. The predicted octanol–water partition coefficient (Wildman–Crippen LogP) is 2.34. The van der Waals surface area contributed by atoms with E-state index in [1.807, 2.05) is 45.9 Å². The number of hydrogen-bond acceptors (Lipinski definition) is 7. The van der Waals surface area contributed by atoms with Gasteiger partial charge in [-0.1, -0.05) is 35.6 Å². The number of nitrogens with zero attached hydrogens (tertiary/aromatic N) is 4. The molecule has 2 aliphatic heterocycles. The van der Waals surface area contributed by atoms with Crippen LogP contribution in [0.4, 0.5) is 4.79 Å². The van der Waals surface area contributed by atoms with E-state index < -0.39 is 22.6 Å². The number of ether oxygens (including phenoxy) is 1. The zero-order valence-corrected chi connectivity index (χ0v) is 17.5. The number of piperidine rings is 1. The number of amides is 2. The fourth-order valence-electron chi connectivity index (χ4n) is 4.07. The topological polar surface area (TPSA) is 113 Å². The summed E-state index contributed by atoms with van der Waals surface area (Å²) in [7, 11) is 0. The van der Waals surface area contributed by atoms with Crippen molar-refractivity contribution in [1.29, 1.82) is 0 Å². The largest absolute Gasteiger partial charge is 0.444 e. The van der Waals surface area contributed by atoms with Crippen molar-refractivity contribution in [3.63, 3.8) is 0 Å². The monoisotopic (exact) mass is 402 g/mol. The lowest BCUT2D eigenvalue weighted by Gasteiger charge is -2.49. The highest BCUT2D eigenvalue weighted by Gasteiger charge is 2.55. The molecular weight excluding hydrogens is 372 g/mol. The first-order valence-corrected chi connectivity index (χ1v) is 9.85. The van der Waals surface area contributed by atoms with Crippen LogP contribution < -0.4 is 11.2 Å². The van der Waals surface area contributed by atoms with Crippen LogP contribution in [0.2, 0.25) is 0 Å². The van der Waals surface area contributed by atoms with Gasteiger partial charge in [-0.3, -0.25) is 4.79 Å². The Morgan fingerprint density at radius 1 is 1.21 bits per heavy atom. The third-order valence-corrected chi connectivity index (χ3v) is 5.53. The van der Waals surface area contributed by atoms with Crippen LogP contribution in [0.3, 0.4) is 0 Å². The Balaban J connectivity index is 1.84. The van der Waals surface area contributed by atoms with Crippen molar-refractivity contribution in [2.24, 2.45) is 16.1 Å². The molecule has 1 aromatic rings. The SMILES string of the molecule is CC(C)(C)OC(=O)N1CCC(c2ccccc2)(C2(C)N=NN(CC(N)=O)N2)CC1. The summed E-state index contributed by atoms with van der Waals surface area (Å²) in [4.78, 5) is 25.6. The quantitative estimate of drug-likeness (QED) is 0.803. The summed E-state index contributed by atoms with van der Waals surface area (Å²) in [6.45, 7) is 8.56. The Hall–Kier alpha value is -2.68. The number of carbonyl (C=O) groups is 2. The van der Waals surface area contributed by atoms with Gasteiger partial charge in [0, 0.05) is 18.5 Å². The van der Waals surface area contributed by atoms with E-state index in [2.05, 4.69) is 27.9 Å². The number of hydrogen-bond donors (Lipinski definition) is 2. The number of likely N-dealkylation sites (tertiary alicyclic amines) is 1. The van der Waals surface area contributed by atoms with Gasteiger partial charge >= 0.3 is 6.09 Å². The van der Waals surface area contributed by atoms with Gasteiger partial charge in [-0.15, -0.1) is 5.11 Å². The zero-order valence-electron chi connectivity index (χ0n) is 17.5. The lowest BCUT2D eigenvalue weighted by atomic mass is 9.65. The van der Waals surface area contributed by atoms with Crippen molar-refractivity contribution in [3.05, 3.63) is 35.9 Å². The molecule has 1 fully saturated rings. The highest BCUT2D eigenvalue weighted by molar-refractivity contribution is 5.75.